The molecular formula is C6H11NO4. The van der Waals surface area contributed by atoms with Crippen molar-refractivity contribution in [3.63, 3.8) is 0 Å². The smallest absolute Gasteiger partial charge is 0.330 e. The fourth-order valence-corrected chi connectivity index (χ4v) is 0.330. The van der Waals surface area contributed by atoms with Gasteiger partial charge in [-0.2, -0.15) is 0 Å². The number of hydrogen-bond donors (Lipinski definition) is 2. The first-order valence-corrected chi connectivity index (χ1v) is 2.74. The van der Waals surface area contributed by atoms with Gasteiger partial charge in [0.1, 0.15) is 0 Å². The second-order valence-electron chi connectivity index (χ2n) is 1.42. The maximum atomic E-state index is 10.4. The molecule has 0 heterocycles. The summed E-state index contributed by atoms with van der Waals surface area (Å²) in [5, 5.41) is 8.04. The average Bonchev–Trinajstić information content (AvgIpc) is 1.85. The van der Waals surface area contributed by atoms with Crippen LogP contribution >= 0.6 is 0 Å². The Kier molecular flexibility index (Phi) is 7.57. The van der Waals surface area contributed by atoms with E-state index in [1.165, 1.54) is 0 Å². The van der Waals surface area contributed by atoms with Crippen molar-refractivity contribution < 1.29 is 19.4 Å². The lowest BCUT2D eigenvalue weighted by Gasteiger charge is -1.92. The van der Waals surface area contributed by atoms with Crippen LogP contribution in [0.4, 0.5) is 0 Å². The van der Waals surface area contributed by atoms with Gasteiger partial charge in [-0.15, -0.1) is 0 Å². The molecule has 5 heteroatoms. The van der Waals surface area contributed by atoms with Crippen molar-refractivity contribution in [2.24, 2.45) is 0 Å². The Morgan fingerprint density at radius 3 is 2.36 bits per heavy atom. The van der Waals surface area contributed by atoms with Crippen LogP contribution < -0.4 is 6.15 Å². The van der Waals surface area contributed by atoms with E-state index < -0.39 is 11.9 Å². The molecule has 64 valence electrons. The van der Waals surface area contributed by atoms with Crippen LogP contribution in [-0.2, 0) is 14.3 Å². The monoisotopic (exact) mass is 161 g/mol. The summed E-state index contributed by atoms with van der Waals surface area (Å²) < 4.78 is 4.40. The van der Waals surface area contributed by atoms with Gasteiger partial charge in [-0.3, -0.25) is 0 Å². The Morgan fingerprint density at radius 1 is 1.45 bits per heavy atom. The number of carboxylic acid groups (broad SMARTS) is 1. The minimum Gasteiger partial charge on any atom is -0.478 e. The van der Waals surface area contributed by atoms with Crippen LogP contribution in [0.1, 0.15) is 6.92 Å². The molecule has 0 aromatic carbocycles. The number of rotatable bonds is 3. The average molecular weight is 161 g/mol. The van der Waals surface area contributed by atoms with Crippen molar-refractivity contribution in [3.8, 4) is 0 Å². The molecule has 0 saturated carbocycles. The van der Waals surface area contributed by atoms with Crippen molar-refractivity contribution >= 4 is 11.9 Å². The minimum atomic E-state index is -1.16. The number of carbonyl (C=O) groups is 2. The largest absolute Gasteiger partial charge is 0.478 e. The molecule has 0 aromatic heterocycles. The molecule has 0 aliphatic carbocycles. The van der Waals surface area contributed by atoms with Gasteiger partial charge in [0.05, 0.1) is 6.61 Å². The van der Waals surface area contributed by atoms with E-state index in [9.17, 15) is 9.59 Å². The van der Waals surface area contributed by atoms with Gasteiger partial charge >= 0.3 is 11.9 Å². The number of ether oxygens (including phenoxy) is 1. The highest BCUT2D eigenvalue weighted by molar-refractivity contribution is 5.90. The van der Waals surface area contributed by atoms with Crippen molar-refractivity contribution in [2.75, 3.05) is 6.61 Å². The van der Waals surface area contributed by atoms with Gasteiger partial charge in [0, 0.05) is 12.2 Å². The molecule has 0 saturated heterocycles. The van der Waals surface area contributed by atoms with Gasteiger partial charge in [0.15, 0.2) is 0 Å². The lowest BCUT2D eigenvalue weighted by Crippen LogP contribution is -2.00. The molecule has 0 radical (unpaired) electrons. The first-order chi connectivity index (χ1) is 4.66. The maximum absolute atomic E-state index is 10.4. The predicted molar refractivity (Wildman–Crippen MR) is 38.4 cm³/mol. The van der Waals surface area contributed by atoms with E-state index in [-0.39, 0.29) is 12.8 Å². The van der Waals surface area contributed by atoms with Crippen molar-refractivity contribution in [1.82, 2.24) is 6.15 Å². The first kappa shape index (κ1) is 12.3. The molecule has 0 atom stereocenters. The zero-order valence-corrected chi connectivity index (χ0v) is 6.24. The van der Waals surface area contributed by atoms with Crippen molar-refractivity contribution in [1.29, 1.82) is 0 Å². The van der Waals surface area contributed by atoms with Crippen LogP contribution in [0.15, 0.2) is 12.2 Å². The number of carbonyl (C=O) groups excluding carboxylic acids is 1. The lowest BCUT2D eigenvalue weighted by molar-refractivity contribution is -0.138. The van der Waals surface area contributed by atoms with Gasteiger partial charge < -0.3 is 16.0 Å². The summed E-state index contributed by atoms with van der Waals surface area (Å²) in [4.78, 5) is 20.2. The summed E-state index contributed by atoms with van der Waals surface area (Å²) >= 11 is 0. The van der Waals surface area contributed by atoms with Gasteiger partial charge in [0.2, 0.25) is 0 Å². The molecule has 0 rings (SSSR count). The summed E-state index contributed by atoms with van der Waals surface area (Å²) in [6.45, 7) is 1.90. The fraction of sp³-hybridized carbons (Fsp3) is 0.333. The topological polar surface area (TPSA) is 98.6 Å². The standard InChI is InChI=1S/C6H8O4.H3N/c1-2-10-6(9)4-3-5(7)8;/h3-4H,2H2,1H3,(H,7,8);1H3/b4-3+;. The maximum Gasteiger partial charge on any atom is 0.330 e. The second-order valence-corrected chi connectivity index (χ2v) is 1.42. The van der Waals surface area contributed by atoms with Crippen molar-refractivity contribution in [3.05, 3.63) is 12.2 Å². The zero-order valence-electron chi connectivity index (χ0n) is 6.24. The van der Waals surface area contributed by atoms with E-state index >= 15 is 0 Å². The SMILES string of the molecule is CCOC(=O)/C=C/C(=O)O.N. The fourth-order valence-electron chi connectivity index (χ4n) is 0.330. The van der Waals surface area contributed by atoms with Crippen LogP contribution in [0.5, 0.6) is 0 Å². The van der Waals surface area contributed by atoms with Crippen molar-refractivity contribution in [2.45, 2.75) is 6.92 Å². The Morgan fingerprint density at radius 2 is 2.00 bits per heavy atom. The molecule has 5 nitrogen and oxygen atoms in total. The summed E-state index contributed by atoms with van der Waals surface area (Å²) in [6, 6.07) is 0. The van der Waals surface area contributed by atoms with E-state index in [1.807, 2.05) is 0 Å². The van der Waals surface area contributed by atoms with Crippen LogP contribution in [-0.4, -0.2) is 23.7 Å². The summed E-state index contributed by atoms with van der Waals surface area (Å²) in [5.74, 6) is -1.79. The molecule has 0 unspecified atom stereocenters. The molecule has 0 aliphatic heterocycles. The van der Waals surface area contributed by atoms with Crippen LogP contribution in [0.3, 0.4) is 0 Å². The zero-order chi connectivity index (χ0) is 7.98. The second kappa shape index (κ2) is 6.76. The van der Waals surface area contributed by atoms with Crippen LogP contribution in [0.2, 0.25) is 0 Å². The Bertz CT molecular complexity index is 164. The third-order valence-electron chi connectivity index (χ3n) is 0.649. The Labute approximate surface area is 64.2 Å². The molecule has 11 heavy (non-hydrogen) atoms. The van der Waals surface area contributed by atoms with Crippen LogP contribution in [0.25, 0.3) is 0 Å². The predicted octanol–water partition coefficient (Wildman–Crippen LogP) is 0.352. The Balaban J connectivity index is 0. The van der Waals surface area contributed by atoms with Gasteiger partial charge in [0.25, 0.3) is 0 Å². The number of hydrogen-bond acceptors (Lipinski definition) is 4. The quantitative estimate of drug-likeness (QED) is 0.459. The highest BCUT2D eigenvalue weighted by Crippen LogP contribution is 1.80. The molecule has 4 N–H and O–H groups in total. The van der Waals surface area contributed by atoms with Crippen LogP contribution in [0, 0.1) is 0 Å². The molecule has 0 fully saturated rings. The minimum absolute atomic E-state index is 0. The summed E-state index contributed by atoms with van der Waals surface area (Å²) in [5.41, 5.74) is 0. The molecule has 0 bridgehead atoms. The highest BCUT2D eigenvalue weighted by atomic mass is 16.5. The van der Waals surface area contributed by atoms with E-state index in [0.29, 0.717) is 0 Å². The van der Waals surface area contributed by atoms with Gasteiger partial charge in [-0.1, -0.05) is 0 Å². The summed E-state index contributed by atoms with van der Waals surface area (Å²) in [6.07, 6.45) is 1.60. The summed E-state index contributed by atoms with van der Waals surface area (Å²) in [7, 11) is 0. The normalized spacial score (nSPS) is 8.82. The number of esters is 1. The van der Waals surface area contributed by atoms with E-state index in [0.717, 1.165) is 12.2 Å². The molecule has 0 amide bonds. The Hall–Kier alpha value is -1.36. The van der Waals surface area contributed by atoms with E-state index in [2.05, 4.69) is 4.74 Å². The molecule has 0 spiro atoms. The third kappa shape index (κ3) is 8.64. The van der Waals surface area contributed by atoms with E-state index in [1.54, 1.807) is 6.92 Å². The van der Waals surface area contributed by atoms with Gasteiger partial charge in [-0.05, 0) is 6.92 Å². The molecular weight excluding hydrogens is 150 g/mol. The van der Waals surface area contributed by atoms with E-state index in [4.69, 9.17) is 5.11 Å². The first-order valence-electron chi connectivity index (χ1n) is 2.74. The molecule has 0 aliphatic rings. The van der Waals surface area contributed by atoms with Gasteiger partial charge in [-0.25, -0.2) is 9.59 Å². The lowest BCUT2D eigenvalue weighted by atomic mass is 10.5. The number of aliphatic carboxylic acids is 1. The number of carboxylic acids is 1. The third-order valence-corrected chi connectivity index (χ3v) is 0.649. The molecule has 0 aromatic rings. The highest BCUT2D eigenvalue weighted by Gasteiger charge is 1.94.